The van der Waals surface area contributed by atoms with E-state index < -0.39 is 11.7 Å². The molecule has 1 rings (SSSR count). The molecule has 5 heteroatoms. The molecule has 0 heterocycles. The van der Waals surface area contributed by atoms with Gasteiger partial charge in [0.2, 0.25) is 0 Å². The molecule has 0 bridgehead atoms. The van der Waals surface area contributed by atoms with Crippen molar-refractivity contribution in [3.63, 3.8) is 0 Å². The minimum atomic E-state index is -4.24. The smallest absolute Gasteiger partial charge is 0.166 e. The van der Waals surface area contributed by atoms with Gasteiger partial charge in [0.15, 0.2) is 0 Å². The Balaban J connectivity index is 3.23. The minimum absolute atomic E-state index is 0.237. The predicted octanol–water partition coefficient (Wildman–Crippen LogP) is 3.91. The van der Waals surface area contributed by atoms with Crippen molar-refractivity contribution in [2.24, 2.45) is 0 Å². The van der Waals surface area contributed by atoms with Crippen LogP contribution in [0.15, 0.2) is 18.2 Å². The number of hydrogen-bond acceptors (Lipinski definition) is 0. The molecule has 0 aromatic heterocycles. The average Bonchev–Trinajstić information content (AvgIpc) is 1.92. The maximum absolute atomic E-state index is 12.2. The molecular weight excluding hydrogens is 395 g/mol. The van der Waals surface area contributed by atoms with E-state index in [1.54, 1.807) is 28.7 Å². The van der Waals surface area contributed by atoms with Crippen LogP contribution >= 0.6 is 45.2 Å². The molecule has 0 fully saturated rings. The summed E-state index contributed by atoms with van der Waals surface area (Å²) in [6.45, 7) is 0. The summed E-state index contributed by atoms with van der Waals surface area (Å²) in [7, 11) is 0. The zero-order valence-corrected chi connectivity index (χ0v) is 9.94. The lowest BCUT2D eigenvalue weighted by Crippen LogP contribution is -2.07. The summed E-state index contributed by atoms with van der Waals surface area (Å²) < 4.78 is 37.5. The van der Waals surface area contributed by atoms with Crippen LogP contribution in [0, 0.1) is 7.14 Å². The number of hydrogen-bond donors (Lipinski definition) is 0. The zero-order chi connectivity index (χ0) is 9.35. The van der Waals surface area contributed by atoms with Crippen molar-refractivity contribution in [3.05, 3.63) is 30.9 Å². The van der Waals surface area contributed by atoms with Gasteiger partial charge in [0.1, 0.15) is 0 Å². The van der Waals surface area contributed by atoms with Gasteiger partial charge >= 0.3 is 6.18 Å². The fraction of sp³-hybridized carbons (Fsp3) is 0.143. The molecule has 12 heavy (non-hydrogen) atoms. The largest absolute Gasteiger partial charge is 0.417 e. The van der Waals surface area contributed by atoms with Gasteiger partial charge in [-0.3, -0.25) is 0 Å². The first kappa shape index (κ1) is 10.6. The van der Waals surface area contributed by atoms with Crippen LogP contribution in [0.4, 0.5) is 13.2 Å². The normalized spacial score (nSPS) is 11.8. The molecule has 0 atom stereocenters. The summed E-state index contributed by atoms with van der Waals surface area (Å²) in [5.41, 5.74) is -0.560. The molecule has 1 aromatic carbocycles. The van der Waals surface area contributed by atoms with Gasteiger partial charge in [-0.1, -0.05) is 0 Å². The van der Waals surface area contributed by atoms with E-state index in [1.165, 1.54) is 6.07 Å². The maximum atomic E-state index is 12.2. The van der Waals surface area contributed by atoms with Crippen LogP contribution in [-0.2, 0) is 6.18 Å². The highest BCUT2D eigenvalue weighted by molar-refractivity contribution is 14.1. The van der Waals surface area contributed by atoms with Crippen molar-refractivity contribution >= 4 is 45.2 Å². The number of alkyl halides is 3. The van der Waals surface area contributed by atoms with Gasteiger partial charge in [-0.15, -0.1) is 0 Å². The van der Waals surface area contributed by atoms with E-state index in [2.05, 4.69) is 0 Å². The van der Waals surface area contributed by atoms with Gasteiger partial charge in [-0.2, -0.15) is 13.2 Å². The topological polar surface area (TPSA) is 0 Å². The fourth-order valence-corrected chi connectivity index (χ4v) is 1.85. The molecule has 0 saturated heterocycles. The van der Waals surface area contributed by atoms with Crippen LogP contribution < -0.4 is 0 Å². The first-order chi connectivity index (χ1) is 5.41. The first-order valence-corrected chi connectivity index (χ1v) is 5.09. The van der Waals surface area contributed by atoms with E-state index in [0.29, 0.717) is 3.57 Å². The van der Waals surface area contributed by atoms with Crippen LogP contribution in [0.5, 0.6) is 0 Å². The Morgan fingerprint density at radius 3 is 2.08 bits per heavy atom. The SMILES string of the molecule is FC(F)(F)c1cc(I)ccc1I. The molecule has 1 aromatic rings. The monoisotopic (exact) mass is 398 g/mol. The molecule has 0 nitrogen and oxygen atoms in total. The molecule has 0 amide bonds. The van der Waals surface area contributed by atoms with Gasteiger partial charge < -0.3 is 0 Å². The third-order valence-corrected chi connectivity index (χ3v) is 2.85. The molecule has 0 aliphatic rings. The highest BCUT2D eigenvalue weighted by atomic mass is 127. The Labute approximate surface area is 94.8 Å². The van der Waals surface area contributed by atoms with Crippen LogP contribution in [0.25, 0.3) is 0 Å². The van der Waals surface area contributed by atoms with Crippen LogP contribution in [0.2, 0.25) is 0 Å². The highest BCUT2D eigenvalue weighted by Gasteiger charge is 2.32. The summed E-state index contributed by atoms with van der Waals surface area (Å²) in [6.07, 6.45) is -4.24. The number of rotatable bonds is 0. The summed E-state index contributed by atoms with van der Waals surface area (Å²) in [4.78, 5) is 0. The first-order valence-electron chi connectivity index (χ1n) is 2.93. The molecular formula is C7H3F3I2. The van der Waals surface area contributed by atoms with E-state index in [9.17, 15) is 13.2 Å². The molecule has 0 unspecified atom stereocenters. The van der Waals surface area contributed by atoms with E-state index in [-0.39, 0.29) is 3.57 Å². The third-order valence-electron chi connectivity index (χ3n) is 1.23. The molecule has 0 radical (unpaired) electrons. The van der Waals surface area contributed by atoms with Gasteiger partial charge in [0, 0.05) is 7.14 Å². The Morgan fingerprint density at radius 1 is 1.08 bits per heavy atom. The van der Waals surface area contributed by atoms with Gasteiger partial charge in [-0.05, 0) is 63.4 Å². The molecule has 0 saturated carbocycles. The number of halogens is 5. The third kappa shape index (κ3) is 2.48. The van der Waals surface area contributed by atoms with Crippen molar-refractivity contribution in [2.45, 2.75) is 6.18 Å². The standard InChI is InChI=1S/C7H3F3I2/c8-7(9,10)5-3-4(11)1-2-6(5)12/h1-3H. The maximum Gasteiger partial charge on any atom is 0.417 e. The molecule has 0 N–H and O–H groups in total. The fourth-order valence-electron chi connectivity index (χ4n) is 0.715. The van der Waals surface area contributed by atoms with Crippen LogP contribution in [-0.4, -0.2) is 0 Å². The molecule has 0 aliphatic carbocycles. The Hall–Kier alpha value is 0.470. The average molecular weight is 398 g/mol. The second-order valence-corrected chi connectivity index (χ2v) is 4.53. The second-order valence-electron chi connectivity index (χ2n) is 2.12. The van der Waals surface area contributed by atoms with Crippen molar-refractivity contribution < 1.29 is 13.2 Å². The van der Waals surface area contributed by atoms with Crippen LogP contribution in [0.3, 0.4) is 0 Å². The predicted molar refractivity (Wildman–Crippen MR) is 56.9 cm³/mol. The second kappa shape index (κ2) is 3.69. The number of benzene rings is 1. The van der Waals surface area contributed by atoms with Crippen molar-refractivity contribution in [1.82, 2.24) is 0 Å². The van der Waals surface area contributed by atoms with Gasteiger partial charge in [0.05, 0.1) is 5.56 Å². The zero-order valence-electron chi connectivity index (χ0n) is 5.62. The lowest BCUT2D eigenvalue weighted by atomic mass is 10.2. The highest BCUT2D eigenvalue weighted by Crippen LogP contribution is 2.33. The quantitative estimate of drug-likeness (QED) is 0.582. The van der Waals surface area contributed by atoms with Crippen molar-refractivity contribution in [1.29, 1.82) is 0 Å². The van der Waals surface area contributed by atoms with Crippen LogP contribution in [0.1, 0.15) is 5.56 Å². The molecule has 0 aliphatic heterocycles. The van der Waals surface area contributed by atoms with Gasteiger partial charge in [0.25, 0.3) is 0 Å². The molecule has 0 spiro atoms. The van der Waals surface area contributed by atoms with Gasteiger partial charge in [-0.25, -0.2) is 0 Å². The summed E-state index contributed by atoms with van der Waals surface area (Å²) >= 11 is 3.54. The molecule has 66 valence electrons. The Kier molecular flexibility index (Phi) is 3.24. The van der Waals surface area contributed by atoms with Crippen molar-refractivity contribution in [3.8, 4) is 0 Å². The Morgan fingerprint density at radius 2 is 1.67 bits per heavy atom. The summed E-state index contributed by atoms with van der Waals surface area (Å²) in [5.74, 6) is 0. The summed E-state index contributed by atoms with van der Waals surface area (Å²) in [6, 6.07) is 4.26. The van der Waals surface area contributed by atoms with E-state index in [4.69, 9.17) is 0 Å². The van der Waals surface area contributed by atoms with E-state index in [1.807, 2.05) is 22.6 Å². The summed E-state index contributed by atoms with van der Waals surface area (Å²) in [5, 5.41) is 0. The van der Waals surface area contributed by atoms with E-state index >= 15 is 0 Å². The lowest BCUT2D eigenvalue weighted by Gasteiger charge is -2.08. The van der Waals surface area contributed by atoms with Crippen molar-refractivity contribution in [2.75, 3.05) is 0 Å². The lowest BCUT2D eigenvalue weighted by molar-refractivity contribution is -0.138. The Bertz CT molecular complexity index is 293. The van der Waals surface area contributed by atoms with E-state index in [0.717, 1.165) is 6.07 Å². The minimum Gasteiger partial charge on any atom is -0.166 e.